The van der Waals surface area contributed by atoms with Crippen LogP contribution in [0.15, 0.2) is 24.7 Å². The fourth-order valence-corrected chi connectivity index (χ4v) is 2.16. The molecule has 2 heterocycles. The van der Waals surface area contributed by atoms with E-state index >= 15 is 0 Å². The lowest BCUT2D eigenvalue weighted by Gasteiger charge is -1.90. The normalized spacial score (nSPS) is 10.4. The van der Waals surface area contributed by atoms with E-state index in [2.05, 4.69) is 9.97 Å². The Balaban J connectivity index is 2.08. The lowest BCUT2D eigenvalue weighted by Crippen LogP contribution is -1.96. The van der Waals surface area contributed by atoms with E-state index in [1.54, 1.807) is 6.20 Å². The molecule has 0 amide bonds. The predicted octanol–water partition coefficient (Wildman–Crippen LogP) is 2.16. The third-order valence-corrected chi connectivity index (χ3v) is 3.09. The number of nitrogens with zero attached hydrogens (tertiary/aromatic N) is 1. The molecule has 0 atom stereocenters. The van der Waals surface area contributed by atoms with Gasteiger partial charge in [0.2, 0.25) is 0 Å². The highest BCUT2D eigenvalue weighted by atomic mass is 32.1. The molecular formula is C10H10N2O2S. The number of carboxylic acid groups (broad SMARTS) is 1. The first-order chi connectivity index (χ1) is 7.25. The van der Waals surface area contributed by atoms with Crippen LogP contribution < -0.4 is 0 Å². The first-order valence-corrected chi connectivity index (χ1v) is 5.37. The van der Waals surface area contributed by atoms with Crippen molar-refractivity contribution in [3.63, 3.8) is 0 Å². The first kappa shape index (κ1) is 9.92. The molecule has 0 aliphatic heterocycles. The molecule has 78 valence electrons. The number of hydrogen-bond acceptors (Lipinski definition) is 3. The topological polar surface area (TPSA) is 66.0 Å². The van der Waals surface area contributed by atoms with E-state index in [0.717, 1.165) is 15.4 Å². The van der Waals surface area contributed by atoms with E-state index in [4.69, 9.17) is 5.11 Å². The number of nitrogens with one attached hydrogen (secondary N) is 1. The summed E-state index contributed by atoms with van der Waals surface area (Å²) in [5.41, 5.74) is 1.09. The Hall–Kier alpha value is -1.62. The fraction of sp³-hybridized carbons (Fsp3) is 0.200. The van der Waals surface area contributed by atoms with Crippen LogP contribution in [0.2, 0.25) is 0 Å². The van der Waals surface area contributed by atoms with Crippen molar-refractivity contribution in [2.45, 2.75) is 12.8 Å². The first-order valence-electron chi connectivity index (χ1n) is 4.55. The Labute approximate surface area is 90.6 Å². The molecule has 0 aromatic carbocycles. The zero-order valence-corrected chi connectivity index (χ0v) is 8.75. The molecule has 15 heavy (non-hydrogen) atoms. The third-order valence-electron chi connectivity index (χ3n) is 1.99. The van der Waals surface area contributed by atoms with E-state index in [9.17, 15) is 4.79 Å². The minimum atomic E-state index is -0.784. The molecule has 2 rings (SSSR count). The lowest BCUT2D eigenvalue weighted by atomic mass is 10.3. The van der Waals surface area contributed by atoms with Gasteiger partial charge in [0.1, 0.15) is 0 Å². The van der Waals surface area contributed by atoms with Crippen molar-refractivity contribution in [1.82, 2.24) is 9.97 Å². The van der Waals surface area contributed by atoms with Crippen molar-refractivity contribution in [2.75, 3.05) is 0 Å². The minimum absolute atomic E-state index is 0.139. The van der Waals surface area contributed by atoms with Crippen LogP contribution in [-0.4, -0.2) is 21.0 Å². The molecule has 0 aliphatic carbocycles. The summed E-state index contributed by atoms with van der Waals surface area (Å²) in [4.78, 5) is 18.6. The summed E-state index contributed by atoms with van der Waals surface area (Å²) in [5, 5.41) is 9.41. The highest BCUT2D eigenvalue weighted by Crippen LogP contribution is 2.25. The Bertz CT molecular complexity index is 448. The van der Waals surface area contributed by atoms with Gasteiger partial charge in [0.25, 0.3) is 0 Å². The summed E-state index contributed by atoms with van der Waals surface area (Å²) in [6.07, 6.45) is 6.18. The monoisotopic (exact) mass is 222 g/mol. The fourth-order valence-electron chi connectivity index (χ4n) is 1.25. The Kier molecular flexibility index (Phi) is 2.82. The van der Waals surface area contributed by atoms with Gasteiger partial charge in [-0.15, -0.1) is 11.3 Å². The van der Waals surface area contributed by atoms with Gasteiger partial charge in [-0.2, -0.15) is 0 Å². The SMILES string of the molecule is O=C(O)CCc1ncc(-c2cc[nH]c2)s1. The molecule has 0 aliphatic rings. The minimum Gasteiger partial charge on any atom is -0.481 e. The van der Waals surface area contributed by atoms with Crippen LogP contribution >= 0.6 is 11.3 Å². The number of carboxylic acids is 1. The Morgan fingerprint density at radius 1 is 1.60 bits per heavy atom. The summed E-state index contributed by atoms with van der Waals surface area (Å²) in [5.74, 6) is -0.784. The molecule has 0 bridgehead atoms. The van der Waals surface area contributed by atoms with Gasteiger partial charge in [0, 0.05) is 30.6 Å². The van der Waals surface area contributed by atoms with Gasteiger partial charge in [-0.1, -0.05) is 0 Å². The molecule has 2 aromatic rings. The number of aromatic amines is 1. The van der Waals surface area contributed by atoms with Crippen molar-refractivity contribution >= 4 is 17.3 Å². The molecular weight excluding hydrogens is 212 g/mol. The molecule has 0 radical (unpaired) electrons. The number of carbonyl (C=O) groups is 1. The highest BCUT2D eigenvalue weighted by Gasteiger charge is 2.06. The van der Waals surface area contributed by atoms with E-state index in [-0.39, 0.29) is 6.42 Å². The lowest BCUT2D eigenvalue weighted by molar-refractivity contribution is -0.136. The van der Waals surface area contributed by atoms with Crippen LogP contribution in [0.5, 0.6) is 0 Å². The van der Waals surface area contributed by atoms with Crippen molar-refractivity contribution in [3.05, 3.63) is 29.7 Å². The molecule has 2 aromatic heterocycles. The van der Waals surface area contributed by atoms with E-state index in [1.165, 1.54) is 11.3 Å². The molecule has 0 saturated carbocycles. The van der Waals surface area contributed by atoms with Gasteiger partial charge in [0.05, 0.1) is 16.3 Å². The van der Waals surface area contributed by atoms with E-state index in [1.807, 2.05) is 18.5 Å². The molecule has 4 nitrogen and oxygen atoms in total. The summed E-state index contributed by atoms with van der Waals surface area (Å²) in [7, 11) is 0. The Morgan fingerprint density at radius 3 is 3.13 bits per heavy atom. The number of rotatable bonds is 4. The maximum atomic E-state index is 10.4. The van der Waals surface area contributed by atoms with Gasteiger partial charge in [-0.3, -0.25) is 4.79 Å². The number of H-pyrrole nitrogens is 1. The molecule has 0 unspecified atom stereocenters. The standard InChI is InChI=1S/C10H10N2O2S/c13-10(14)2-1-9-12-6-8(15-9)7-3-4-11-5-7/h3-6,11H,1-2H2,(H,13,14). The maximum Gasteiger partial charge on any atom is 0.303 e. The van der Waals surface area contributed by atoms with Crippen LogP contribution in [0, 0.1) is 0 Å². The number of aromatic nitrogens is 2. The zero-order valence-electron chi connectivity index (χ0n) is 7.93. The Morgan fingerprint density at radius 2 is 2.47 bits per heavy atom. The van der Waals surface area contributed by atoms with E-state index in [0.29, 0.717) is 6.42 Å². The molecule has 5 heteroatoms. The second-order valence-electron chi connectivity index (χ2n) is 3.11. The zero-order chi connectivity index (χ0) is 10.7. The van der Waals surface area contributed by atoms with Gasteiger partial charge >= 0.3 is 5.97 Å². The average molecular weight is 222 g/mol. The number of thiazole rings is 1. The third kappa shape index (κ3) is 2.44. The summed E-state index contributed by atoms with van der Waals surface area (Å²) in [6, 6.07) is 1.97. The molecule has 0 fully saturated rings. The van der Waals surface area contributed by atoms with Crippen molar-refractivity contribution < 1.29 is 9.90 Å². The van der Waals surface area contributed by atoms with Gasteiger partial charge in [-0.05, 0) is 6.07 Å². The van der Waals surface area contributed by atoms with Crippen LogP contribution in [0.1, 0.15) is 11.4 Å². The number of aryl methyl sites for hydroxylation is 1. The van der Waals surface area contributed by atoms with Crippen molar-refractivity contribution in [1.29, 1.82) is 0 Å². The number of aliphatic carboxylic acids is 1. The highest BCUT2D eigenvalue weighted by molar-refractivity contribution is 7.15. The van der Waals surface area contributed by atoms with Crippen LogP contribution in [0.3, 0.4) is 0 Å². The quantitative estimate of drug-likeness (QED) is 0.833. The largest absolute Gasteiger partial charge is 0.481 e. The average Bonchev–Trinajstić information content (AvgIpc) is 2.85. The van der Waals surface area contributed by atoms with Crippen LogP contribution in [0.4, 0.5) is 0 Å². The summed E-state index contributed by atoms with van der Waals surface area (Å²) < 4.78 is 0. The molecule has 0 spiro atoms. The van der Waals surface area contributed by atoms with Gasteiger partial charge < -0.3 is 10.1 Å². The maximum absolute atomic E-state index is 10.4. The van der Waals surface area contributed by atoms with Crippen molar-refractivity contribution in [2.24, 2.45) is 0 Å². The van der Waals surface area contributed by atoms with Crippen LogP contribution in [0.25, 0.3) is 10.4 Å². The number of hydrogen-bond donors (Lipinski definition) is 2. The summed E-state index contributed by atoms with van der Waals surface area (Å²) in [6.45, 7) is 0. The van der Waals surface area contributed by atoms with Gasteiger partial charge in [0.15, 0.2) is 0 Å². The predicted molar refractivity (Wildman–Crippen MR) is 57.9 cm³/mol. The van der Waals surface area contributed by atoms with Crippen LogP contribution in [-0.2, 0) is 11.2 Å². The summed E-state index contributed by atoms with van der Waals surface area (Å²) >= 11 is 1.54. The van der Waals surface area contributed by atoms with Gasteiger partial charge in [-0.25, -0.2) is 4.98 Å². The van der Waals surface area contributed by atoms with E-state index < -0.39 is 5.97 Å². The molecule has 0 saturated heterocycles. The smallest absolute Gasteiger partial charge is 0.303 e. The molecule has 2 N–H and O–H groups in total. The van der Waals surface area contributed by atoms with Crippen molar-refractivity contribution in [3.8, 4) is 10.4 Å². The second-order valence-corrected chi connectivity index (χ2v) is 4.23. The second kappa shape index (κ2) is 4.27.